The topological polar surface area (TPSA) is 84.5 Å². The van der Waals surface area contributed by atoms with Gasteiger partial charge in [-0.3, -0.25) is 10.1 Å². The molecule has 0 aliphatic rings. The first-order chi connectivity index (χ1) is 10.1. The van der Waals surface area contributed by atoms with Crippen LogP contribution in [0.25, 0.3) is 0 Å². The van der Waals surface area contributed by atoms with Crippen molar-refractivity contribution < 1.29 is 33.2 Å². The van der Waals surface area contributed by atoms with Crippen molar-refractivity contribution in [1.82, 2.24) is 5.32 Å². The second kappa shape index (κ2) is 18.4. The van der Waals surface area contributed by atoms with E-state index in [0.29, 0.717) is 13.3 Å². The summed E-state index contributed by atoms with van der Waals surface area (Å²) in [6.07, 6.45) is 2.40. The molecule has 0 aromatic heterocycles. The smallest absolute Gasteiger partial charge is 0.304 e. The summed E-state index contributed by atoms with van der Waals surface area (Å²) < 4.78 is 28.3. The molecule has 0 saturated carbocycles. The van der Waals surface area contributed by atoms with Crippen molar-refractivity contribution in [3.05, 3.63) is 25.7 Å². The number of carbonyl (C=O) groups excluding carboxylic acids is 1. The van der Waals surface area contributed by atoms with Crippen LogP contribution < -0.4 is 5.32 Å². The molecule has 0 unspecified atom stereocenters. The maximum absolute atomic E-state index is 10.1. The molecule has 0 heterocycles. The first-order valence-corrected chi connectivity index (χ1v) is 6.04. The van der Waals surface area contributed by atoms with Gasteiger partial charge in [0.25, 0.3) is 0 Å². The van der Waals surface area contributed by atoms with Crippen LogP contribution in [0.1, 0.15) is 6.92 Å². The van der Waals surface area contributed by atoms with Crippen molar-refractivity contribution in [3.63, 3.8) is 0 Å². The van der Waals surface area contributed by atoms with Crippen LogP contribution in [-0.2, 0) is 33.2 Å². The SMILES string of the molecule is C=COCNCC(OC)OC.C=COCOCOC(C)=O. The molecular weight excluding hydrogens is 282 g/mol. The summed E-state index contributed by atoms with van der Waals surface area (Å²) in [7, 11) is 3.18. The molecule has 8 heteroatoms. The molecule has 0 radical (unpaired) electrons. The molecule has 0 amide bonds. The predicted molar refractivity (Wildman–Crippen MR) is 75.8 cm³/mol. The highest BCUT2D eigenvalue weighted by molar-refractivity contribution is 5.65. The number of hydrogen-bond donors (Lipinski definition) is 1. The van der Waals surface area contributed by atoms with Crippen molar-refractivity contribution in [1.29, 1.82) is 0 Å². The Kier molecular flexibility index (Phi) is 19.0. The molecule has 0 saturated heterocycles. The number of nitrogens with one attached hydrogen (secondary N) is 1. The molecular formula is C13H25NO7. The normalized spacial score (nSPS) is 9.33. The first kappa shape index (κ1) is 21.7. The molecule has 21 heavy (non-hydrogen) atoms. The van der Waals surface area contributed by atoms with Crippen molar-refractivity contribution in [2.24, 2.45) is 0 Å². The third kappa shape index (κ3) is 20.9. The second-order valence-corrected chi connectivity index (χ2v) is 3.24. The van der Waals surface area contributed by atoms with E-state index in [4.69, 9.17) is 14.2 Å². The minimum Gasteiger partial charge on any atom is -0.487 e. The maximum Gasteiger partial charge on any atom is 0.304 e. The quantitative estimate of drug-likeness (QED) is 0.247. The zero-order chi connectivity index (χ0) is 16.3. The highest BCUT2D eigenvalue weighted by Gasteiger charge is 2.01. The highest BCUT2D eigenvalue weighted by atomic mass is 16.7. The summed E-state index contributed by atoms with van der Waals surface area (Å²) in [6, 6.07) is 0. The fourth-order valence-corrected chi connectivity index (χ4v) is 0.812. The van der Waals surface area contributed by atoms with Crippen LogP contribution in [0.4, 0.5) is 0 Å². The van der Waals surface area contributed by atoms with E-state index < -0.39 is 0 Å². The van der Waals surface area contributed by atoms with Crippen molar-refractivity contribution in [2.45, 2.75) is 13.2 Å². The number of ether oxygens (including phenoxy) is 6. The predicted octanol–water partition coefficient (Wildman–Crippen LogP) is 0.954. The number of carbonyl (C=O) groups is 1. The van der Waals surface area contributed by atoms with Crippen molar-refractivity contribution >= 4 is 5.97 Å². The minimum atomic E-state index is -0.376. The molecule has 8 nitrogen and oxygen atoms in total. The van der Waals surface area contributed by atoms with E-state index in [2.05, 4.69) is 32.7 Å². The molecule has 0 aromatic rings. The van der Waals surface area contributed by atoms with Gasteiger partial charge in [-0.15, -0.1) is 0 Å². The Morgan fingerprint density at radius 2 is 1.76 bits per heavy atom. The van der Waals surface area contributed by atoms with Gasteiger partial charge in [-0.05, 0) is 0 Å². The van der Waals surface area contributed by atoms with Crippen LogP contribution >= 0.6 is 0 Å². The van der Waals surface area contributed by atoms with E-state index in [1.54, 1.807) is 14.2 Å². The van der Waals surface area contributed by atoms with Gasteiger partial charge in [0.1, 0.15) is 6.73 Å². The largest absolute Gasteiger partial charge is 0.487 e. The Morgan fingerprint density at radius 1 is 1.14 bits per heavy atom. The Balaban J connectivity index is 0. The van der Waals surface area contributed by atoms with Gasteiger partial charge in [0.05, 0.1) is 12.5 Å². The maximum atomic E-state index is 10.1. The Labute approximate surface area is 125 Å². The fraction of sp³-hybridized carbons (Fsp3) is 0.615. The van der Waals surface area contributed by atoms with Crippen LogP contribution in [0.2, 0.25) is 0 Å². The molecule has 0 bridgehead atoms. The second-order valence-electron chi connectivity index (χ2n) is 3.24. The number of methoxy groups -OCH3 is 2. The molecule has 0 atom stereocenters. The van der Waals surface area contributed by atoms with Gasteiger partial charge >= 0.3 is 5.97 Å². The Morgan fingerprint density at radius 3 is 2.24 bits per heavy atom. The summed E-state index contributed by atoms with van der Waals surface area (Å²) in [4.78, 5) is 10.1. The third-order valence-corrected chi connectivity index (χ3v) is 1.75. The summed E-state index contributed by atoms with van der Waals surface area (Å²) in [5.74, 6) is -0.376. The molecule has 0 spiro atoms. The Bertz CT molecular complexity index is 257. The van der Waals surface area contributed by atoms with Gasteiger partial charge in [0, 0.05) is 27.7 Å². The van der Waals surface area contributed by atoms with Crippen LogP contribution in [0, 0.1) is 0 Å². The average molecular weight is 307 g/mol. The molecule has 0 aliphatic carbocycles. The van der Waals surface area contributed by atoms with Crippen molar-refractivity contribution in [3.8, 4) is 0 Å². The molecule has 0 aromatic carbocycles. The molecule has 0 fully saturated rings. The molecule has 0 aliphatic heterocycles. The van der Waals surface area contributed by atoms with Gasteiger partial charge in [-0.2, -0.15) is 0 Å². The van der Waals surface area contributed by atoms with E-state index in [0.717, 1.165) is 0 Å². The summed E-state index contributed by atoms with van der Waals surface area (Å²) in [6.45, 7) is 8.97. The van der Waals surface area contributed by atoms with Gasteiger partial charge in [-0.25, -0.2) is 0 Å². The van der Waals surface area contributed by atoms with Crippen LogP contribution in [0.5, 0.6) is 0 Å². The van der Waals surface area contributed by atoms with Gasteiger partial charge < -0.3 is 28.4 Å². The third-order valence-electron chi connectivity index (χ3n) is 1.75. The van der Waals surface area contributed by atoms with Gasteiger partial charge in [0.15, 0.2) is 19.9 Å². The van der Waals surface area contributed by atoms with E-state index in [-0.39, 0.29) is 25.8 Å². The van der Waals surface area contributed by atoms with Gasteiger partial charge in [0.2, 0.25) is 0 Å². The molecule has 124 valence electrons. The Hall–Kier alpha value is -1.61. The zero-order valence-corrected chi connectivity index (χ0v) is 12.8. The summed E-state index contributed by atoms with van der Waals surface area (Å²) in [5, 5.41) is 2.94. The van der Waals surface area contributed by atoms with Gasteiger partial charge in [-0.1, -0.05) is 13.2 Å². The van der Waals surface area contributed by atoms with E-state index in [1.807, 2.05) is 0 Å². The van der Waals surface area contributed by atoms with Crippen LogP contribution in [0.15, 0.2) is 25.7 Å². The summed E-state index contributed by atoms with van der Waals surface area (Å²) in [5.41, 5.74) is 0. The average Bonchev–Trinajstić information content (AvgIpc) is 2.48. The highest BCUT2D eigenvalue weighted by Crippen LogP contribution is 1.86. The lowest BCUT2D eigenvalue weighted by molar-refractivity contribution is -0.161. The van der Waals surface area contributed by atoms with Crippen LogP contribution in [-0.4, -0.2) is 53.3 Å². The summed E-state index contributed by atoms with van der Waals surface area (Å²) >= 11 is 0. The lowest BCUT2D eigenvalue weighted by atomic mass is 10.6. The lowest BCUT2D eigenvalue weighted by Crippen LogP contribution is -2.30. The van der Waals surface area contributed by atoms with Crippen LogP contribution in [0.3, 0.4) is 0 Å². The number of esters is 1. The molecule has 0 rings (SSSR count). The zero-order valence-electron chi connectivity index (χ0n) is 12.8. The van der Waals surface area contributed by atoms with Crippen molar-refractivity contribution in [2.75, 3.05) is 41.1 Å². The number of rotatable bonds is 12. The van der Waals surface area contributed by atoms with E-state index >= 15 is 0 Å². The monoisotopic (exact) mass is 307 g/mol. The van der Waals surface area contributed by atoms with E-state index in [9.17, 15) is 4.79 Å². The number of hydrogen-bond acceptors (Lipinski definition) is 8. The first-order valence-electron chi connectivity index (χ1n) is 6.04. The molecule has 1 N–H and O–H groups in total. The van der Waals surface area contributed by atoms with E-state index in [1.165, 1.54) is 19.4 Å². The fourth-order valence-electron chi connectivity index (χ4n) is 0.812. The lowest BCUT2D eigenvalue weighted by Gasteiger charge is -2.13. The standard InChI is InChI=1S/C7H15NO3.C6H10O4/c1-4-11-6-8-5-7(9-2)10-3;1-3-8-4-9-5-10-6(2)7/h4,7-8H,1,5-6H2,2-3H3;3H,1,4-5H2,2H3. The minimum absolute atomic E-state index is 0.0524.